The SMILES string of the molecule is N#C/C(=C/c1cccc(O)c1)S(=O)(=O)Cc1cccc(Br)c1. The lowest BCUT2D eigenvalue weighted by atomic mass is 10.2. The van der Waals surface area contributed by atoms with Gasteiger partial charge in [0.25, 0.3) is 0 Å². The summed E-state index contributed by atoms with van der Waals surface area (Å²) < 4.78 is 25.5. The summed E-state index contributed by atoms with van der Waals surface area (Å²) in [6.45, 7) is 0. The molecule has 2 aromatic rings. The summed E-state index contributed by atoms with van der Waals surface area (Å²) in [6.07, 6.45) is 1.26. The van der Waals surface area contributed by atoms with Crippen molar-refractivity contribution in [3.63, 3.8) is 0 Å². The Kier molecular flexibility index (Phi) is 5.01. The number of rotatable bonds is 4. The molecule has 0 atom stereocenters. The molecule has 0 bridgehead atoms. The molecule has 0 amide bonds. The van der Waals surface area contributed by atoms with Crippen molar-refractivity contribution in [1.82, 2.24) is 0 Å². The molecule has 22 heavy (non-hydrogen) atoms. The first-order chi connectivity index (χ1) is 10.4. The Hall–Kier alpha value is -2.10. The number of hydrogen-bond donors (Lipinski definition) is 1. The molecular weight excluding hydrogens is 366 g/mol. The maximum Gasteiger partial charge on any atom is 0.192 e. The van der Waals surface area contributed by atoms with Crippen molar-refractivity contribution in [3.8, 4) is 11.8 Å². The minimum atomic E-state index is -3.76. The predicted octanol–water partition coefficient (Wildman–Crippen LogP) is 3.63. The van der Waals surface area contributed by atoms with Crippen LogP contribution in [0, 0.1) is 11.3 Å². The second kappa shape index (κ2) is 6.77. The zero-order valence-corrected chi connectivity index (χ0v) is 13.8. The predicted molar refractivity (Wildman–Crippen MR) is 88.5 cm³/mol. The number of nitriles is 1. The first kappa shape index (κ1) is 16.3. The topological polar surface area (TPSA) is 78.2 Å². The first-order valence-corrected chi connectivity index (χ1v) is 8.73. The number of sulfone groups is 1. The number of phenols is 1. The third-order valence-corrected chi connectivity index (χ3v) is 4.94. The van der Waals surface area contributed by atoms with Crippen molar-refractivity contribution in [3.05, 3.63) is 69.0 Å². The summed E-state index contributed by atoms with van der Waals surface area (Å²) in [6, 6.07) is 14.7. The number of allylic oxidation sites excluding steroid dienone is 1. The van der Waals surface area contributed by atoms with E-state index in [0.29, 0.717) is 11.1 Å². The van der Waals surface area contributed by atoms with Crippen LogP contribution < -0.4 is 0 Å². The molecule has 2 rings (SSSR count). The van der Waals surface area contributed by atoms with Gasteiger partial charge in [0.2, 0.25) is 0 Å². The third kappa shape index (κ3) is 4.20. The number of halogens is 1. The molecule has 112 valence electrons. The Morgan fingerprint density at radius 2 is 1.95 bits per heavy atom. The molecule has 0 saturated carbocycles. The van der Waals surface area contributed by atoms with Gasteiger partial charge in [0.1, 0.15) is 16.7 Å². The Morgan fingerprint density at radius 3 is 2.59 bits per heavy atom. The van der Waals surface area contributed by atoms with Crippen LogP contribution in [0.25, 0.3) is 6.08 Å². The van der Waals surface area contributed by atoms with E-state index in [0.717, 1.165) is 4.47 Å². The zero-order chi connectivity index (χ0) is 16.2. The Labute approximate surface area is 137 Å². The van der Waals surface area contributed by atoms with Crippen LogP contribution in [-0.4, -0.2) is 13.5 Å². The highest BCUT2D eigenvalue weighted by atomic mass is 79.9. The second-order valence-corrected chi connectivity index (χ2v) is 7.48. The fraction of sp³-hybridized carbons (Fsp3) is 0.0625. The summed E-state index contributed by atoms with van der Waals surface area (Å²) in [5, 5.41) is 18.6. The van der Waals surface area contributed by atoms with Gasteiger partial charge in [-0.05, 0) is 41.5 Å². The van der Waals surface area contributed by atoms with Crippen molar-refractivity contribution in [2.45, 2.75) is 5.75 Å². The van der Waals surface area contributed by atoms with Crippen LogP contribution in [0.2, 0.25) is 0 Å². The van der Waals surface area contributed by atoms with Gasteiger partial charge in [-0.2, -0.15) is 5.26 Å². The quantitative estimate of drug-likeness (QED) is 0.824. The minimum absolute atomic E-state index is 0.00966. The van der Waals surface area contributed by atoms with Crippen LogP contribution in [0.5, 0.6) is 5.75 Å². The monoisotopic (exact) mass is 377 g/mol. The van der Waals surface area contributed by atoms with Gasteiger partial charge in [-0.25, -0.2) is 8.42 Å². The average molecular weight is 378 g/mol. The molecule has 0 aliphatic rings. The maximum absolute atomic E-state index is 12.4. The van der Waals surface area contributed by atoms with Crippen LogP contribution in [0.3, 0.4) is 0 Å². The van der Waals surface area contributed by atoms with E-state index in [1.807, 2.05) is 0 Å². The highest BCUT2D eigenvalue weighted by Crippen LogP contribution is 2.21. The van der Waals surface area contributed by atoms with Crippen LogP contribution in [-0.2, 0) is 15.6 Å². The minimum Gasteiger partial charge on any atom is -0.508 e. The van der Waals surface area contributed by atoms with E-state index in [-0.39, 0.29) is 16.4 Å². The fourth-order valence-corrected chi connectivity index (χ4v) is 3.56. The van der Waals surface area contributed by atoms with Gasteiger partial charge in [-0.3, -0.25) is 0 Å². The van der Waals surface area contributed by atoms with Gasteiger partial charge in [-0.1, -0.05) is 40.2 Å². The number of aromatic hydroxyl groups is 1. The van der Waals surface area contributed by atoms with Gasteiger partial charge in [0.05, 0.1) is 5.75 Å². The molecule has 0 saturated heterocycles. The van der Waals surface area contributed by atoms with Crippen molar-refractivity contribution in [1.29, 1.82) is 5.26 Å². The van der Waals surface area contributed by atoms with E-state index >= 15 is 0 Å². The molecule has 0 radical (unpaired) electrons. The largest absolute Gasteiger partial charge is 0.508 e. The summed E-state index contributed by atoms with van der Waals surface area (Å²) in [5.41, 5.74) is 1.04. The second-order valence-electron chi connectivity index (χ2n) is 4.60. The Balaban J connectivity index is 2.35. The van der Waals surface area contributed by atoms with Gasteiger partial charge in [-0.15, -0.1) is 0 Å². The Morgan fingerprint density at radius 1 is 1.23 bits per heavy atom. The molecule has 0 unspecified atom stereocenters. The lowest BCUT2D eigenvalue weighted by Gasteiger charge is -2.04. The number of hydrogen-bond acceptors (Lipinski definition) is 4. The lowest BCUT2D eigenvalue weighted by molar-refractivity contribution is 0.475. The summed E-state index contributed by atoms with van der Waals surface area (Å²) in [7, 11) is -3.76. The number of nitrogens with zero attached hydrogens (tertiary/aromatic N) is 1. The third-order valence-electron chi connectivity index (χ3n) is 2.86. The molecule has 1 N–H and O–H groups in total. The highest BCUT2D eigenvalue weighted by Gasteiger charge is 2.18. The van der Waals surface area contributed by atoms with E-state index in [4.69, 9.17) is 5.26 Å². The molecule has 0 spiro atoms. The van der Waals surface area contributed by atoms with Gasteiger partial charge in [0, 0.05) is 4.47 Å². The molecule has 0 aliphatic carbocycles. The first-order valence-electron chi connectivity index (χ1n) is 6.29. The van der Waals surface area contributed by atoms with Gasteiger partial charge >= 0.3 is 0 Å². The van der Waals surface area contributed by atoms with Crippen LogP contribution in [0.4, 0.5) is 0 Å². The molecule has 2 aromatic carbocycles. The van der Waals surface area contributed by atoms with Crippen molar-refractivity contribution in [2.75, 3.05) is 0 Å². The molecule has 0 fully saturated rings. The van der Waals surface area contributed by atoms with E-state index in [1.165, 1.54) is 18.2 Å². The van der Waals surface area contributed by atoms with E-state index in [2.05, 4.69) is 15.9 Å². The highest BCUT2D eigenvalue weighted by molar-refractivity contribution is 9.10. The lowest BCUT2D eigenvalue weighted by Crippen LogP contribution is -2.06. The maximum atomic E-state index is 12.4. The fourth-order valence-electron chi connectivity index (χ4n) is 1.88. The van der Waals surface area contributed by atoms with E-state index in [9.17, 15) is 13.5 Å². The number of benzene rings is 2. The van der Waals surface area contributed by atoms with E-state index in [1.54, 1.807) is 42.5 Å². The normalized spacial score (nSPS) is 11.9. The molecule has 4 nitrogen and oxygen atoms in total. The molecular formula is C16H12BrNO3S. The molecule has 0 aromatic heterocycles. The van der Waals surface area contributed by atoms with Crippen LogP contribution >= 0.6 is 15.9 Å². The van der Waals surface area contributed by atoms with Crippen molar-refractivity contribution >= 4 is 31.8 Å². The van der Waals surface area contributed by atoms with Crippen molar-refractivity contribution < 1.29 is 13.5 Å². The summed E-state index contributed by atoms with van der Waals surface area (Å²) in [4.78, 5) is -0.335. The number of phenolic OH excluding ortho intramolecular Hbond substituents is 1. The smallest absolute Gasteiger partial charge is 0.192 e. The molecule has 0 aliphatic heterocycles. The molecule has 0 heterocycles. The molecule has 6 heteroatoms. The standard InChI is InChI=1S/C16H12BrNO3S/c17-14-5-1-4-13(7-14)11-22(20,21)16(10-18)9-12-3-2-6-15(19)8-12/h1-9,19H,11H2/b16-9-. The average Bonchev–Trinajstić information content (AvgIpc) is 2.44. The zero-order valence-electron chi connectivity index (χ0n) is 11.4. The van der Waals surface area contributed by atoms with E-state index < -0.39 is 9.84 Å². The summed E-state index contributed by atoms with van der Waals surface area (Å²) in [5.74, 6) is -0.250. The Bertz CT molecular complexity index is 867. The summed E-state index contributed by atoms with van der Waals surface area (Å²) >= 11 is 3.28. The van der Waals surface area contributed by atoms with Crippen LogP contribution in [0.15, 0.2) is 57.9 Å². The van der Waals surface area contributed by atoms with Gasteiger partial charge in [0.15, 0.2) is 9.84 Å². The van der Waals surface area contributed by atoms with Crippen LogP contribution in [0.1, 0.15) is 11.1 Å². The van der Waals surface area contributed by atoms with Gasteiger partial charge < -0.3 is 5.11 Å². The van der Waals surface area contributed by atoms with Crippen molar-refractivity contribution in [2.24, 2.45) is 0 Å².